The van der Waals surface area contributed by atoms with Crippen molar-refractivity contribution in [1.29, 1.82) is 0 Å². The van der Waals surface area contributed by atoms with Crippen LogP contribution in [0.1, 0.15) is 12.5 Å². The van der Waals surface area contributed by atoms with Gasteiger partial charge in [0.15, 0.2) is 0 Å². The summed E-state index contributed by atoms with van der Waals surface area (Å²) in [4.78, 5) is 8.11. The van der Waals surface area contributed by atoms with Crippen molar-refractivity contribution in [3.05, 3.63) is 206 Å². The number of para-hydroxylation sites is 2. The summed E-state index contributed by atoms with van der Waals surface area (Å²) in [7, 11) is 0. The Labute approximate surface area is 324 Å². The Kier molecular flexibility index (Phi) is 8.46. The zero-order chi connectivity index (χ0) is 37.3. The number of hydrogen-bond donors (Lipinski definition) is 0. The van der Waals surface area contributed by atoms with Crippen molar-refractivity contribution in [3.63, 3.8) is 0 Å². The summed E-state index contributed by atoms with van der Waals surface area (Å²) in [5, 5.41) is 19.1. The number of nitrogens with zero attached hydrogens (tertiary/aromatic N) is 8. The van der Waals surface area contributed by atoms with Gasteiger partial charge in [-0.25, -0.2) is 0 Å². The summed E-state index contributed by atoms with van der Waals surface area (Å²) in [5.74, 6) is 0. The van der Waals surface area contributed by atoms with Gasteiger partial charge in [-0.15, -0.1) is 10.2 Å². The van der Waals surface area contributed by atoms with Crippen molar-refractivity contribution >= 4 is 50.5 Å². The second-order valence-electron chi connectivity index (χ2n) is 13.7. The van der Waals surface area contributed by atoms with Crippen LogP contribution in [0.5, 0.6) is 0 Å². The summed E-state index contributed by atoms with van der Waals surface area (Å²) in [6.07, 6.45) is 7.50. The van der Waals surface area contributed by atoms with Crippen LogP contribution in [-0.4, -0.2) is 30.0 Å². The van der Waals surface area contributed by atoms with Gasteiger partial charge in [-0.3, -0.25) is 0 Å². The quantitative estimate of drug-likeness (QED) is 0.148. The molecule has 9 aromatic rings. The monoisotopic (exact) mass is 724 g/mol. The molecule has 0 amide bonds. The Hall–Kier alpha value is -7.58. The van der Waals surface area contributed by atoms with E-state index in [2.05, 4.69) is 149 Å². The van der Waals surface area contributed by atoms with Crippen LogP contribution < -0.4 is 9.80 Å². The lowest BCUT2D eigenvalue weighted by molar-refractivity contribution is 0.478. The first-order valence-corrected chi connectivity index (χ1v) is 18.8. The molecule has 2 heterocycles. The van der Waals surface area contributed by atoms with E-state index in [0.29, 0.717) is 0 Å². The molecule has 8 nitrogen and oxygen atoms in total. The third kappa shape index (κ3) is 6.39. The number of anilines is 5. The van der Waals surface area contributed by atoms with E-state index in [-0.39, 0.29) is 6.04 Å². The summed E-state index contributed by atoms with van der Waals surface area (Å²) in [6.45, 7) is 0. The Bertz CT molecular complexity index is 2770. The molecular weight excluding hydrogens is 689 g/mol. The molecule has 0 radical (unpaired) electrons. The third-order valence-electron chi connectivity index (χ3n) is 10.1. The average Bonchev–Trinajstić information content (AvgIpc) is 3.91. The van der Waals surface area contributed by atoms with Gasteiger partial charge in [0.05, 0.1) is 11.7 Å². The highest BCUT2D eigenvalue weighted by Crippen LogP contribution is 2.38. The lowest BCUT2D eigenvalue weighted by Gasteiger charge is -2.29. The molecule has 268 valence electrons. The number of hydrogen-bond acceptors (Lipinski definition) is 6. The molecule has 7 aromatic carbocycles. The van der Waals surface area contributed by atoms with Gasteiger partial charge in [-0.05, 0) is 121 Å². The maximum Gasteiger partial charge on any atom is 0.113 e. The van der Waals surface area contributed by atoms with Crippen LogP contribution in [0.25, 0.3) is 38.9 Å². The number of fused-ring (bicyclic) bond motifs is 2. The van der Waals surface area contributed by atoms with Gasteiger partial charge in [-0.1, -0.05) is 97.1 Å². The van der Waals surface area contributed by atoms with Crippen molar-refractivity contribution in [2.45, 2.75) is 12.5 Å². The minimum absolute atomic E-state index is 0.00619. The van der Waals surface area contributed by atoms with E-state index in [1.54, 1.807) is 4.80 Å². The Morgan fingerprint density at radius 3 is 1.46 bits per heavy atom. The molecule has 0 bridgehead atoms. The summed E-state index contributed by atoms with van der Waals surface area (Å²) in [6, 6.07) is 62.8. The van der Waals surface area contributed by atoms with E-state index in [1.165, 1.54) is 0 Å². The van der Waals surface area contributed by atoms with Crippen molar-refractivity contribution in [2.24, 2.45) is 0 Å². The Morgan fingerprint density at radius 2 is 0.893 bits per heavy atom. The molecule has 1 unspecified atom stereocenters. The van der Waals surface area contributed by atoms with Gasteiger partial charge in [0.1, 0.15) is 22.1 Å². The molecule has 1 aliphatic rings. The molecular formula is C48H36N8. The van der Waals surface area contributed by atoms with Crippen LogP contribution in [-0.2, 0) is 0 Å². The van der Waals surface area contributed by atoms with E-state index in [9.17, 15) is 0 Å². The highest BCUT2D eigenvalue weighted by Gasteiger charge is 2.21. The highest BCUT2D eigenvalue weighted by molar-refractivity contribution is 5.80. The predicted molar refractivity (Wildman–Crippen MR) is 226 cm³/mol. The summed E-state index contributed by atoms with van der Waals surface area (Å²) < 4.78 is 0. The second-order valence-corrected chi connectivity index (χ2v) is 13.7. The predicted octanol–water partition coefficient (Wildman–Crippen LogP) is 11.5. The van der Waals surface area contributed by atoms with Gasteiger partial charge in [-0.2, -0.15) is 19.8 Å². The third-order valence-corrected chi connectivity index (χ3v) is 10.1. The van der Waals surface area contributed by atoms with Crippen LogP contribution in [0, 0.1) is 0 Å². The fraction of sp³-hybridized carbons (Fsp3) is 0.0417. The Morgan fingerprint density at radius 1 is 0.429 bits per heavy atom. The minimum Gasteiger partial charge on any atom is -0.311 e. The average molecular weight is 725 g/mol. The molecule has 0 saturated heterocycles. The molecule has 0 aliphatic heterocycles. The molecule has 10 rings (SSSR count). The van der Waals surface area contributed by atoms with Gasteiger partial charge in [0, 0.05) is 34.1 Å². The van der Waals surface area contributed by atoms with Crippen molar-refractivity contribution in [2.75, 3.05) is 9.80 Å². The number of aromatic nitrogens is 6. The highest BCUT2D eigenvalue weighted by atomic mass is 15.5. The zero-order valence-electron chi connectivity index (χ0n) is 30.4. The SMILES string of the molecule is C1=CC(N(c2ccccc2)c2ccc(-c3ccc(N(c4ccccc4)c4cccc(-n5nc6ccccc6n5)c4)cc3)cc2)=CC(n2nc3ccccc3n2)C1. The van der Waals surface area contributed by atoms with Crippen LogP contribution in [0.2, 0.25) is 0 Å². The first-order valence-electron chi connectivity index (χ1n) is 18.8. The van der Waals surface area contributed by atoms with E-state index in [1.807, 2.05) is 65.5 Å². The molecule has 0 fully saturated rings. The fourth-order valence-electron chi connectivity index (χ4n) is 7.37. The molecule has 56 heavy (non-hydrogen) atoms. The normalized spacial score (nSPS) is 13.9. The second kappa shape index (κ2) is 14.3. The maximum atomic E-state index is 4.80. The fourth-order valence-corrected chi connectivity index (χ4v) is 7.37. The molecule has 2 aromatic heterocycles. The van der Waals surface area contributed by atoms with Crippen molar-refractivity contribution in [3.8, 4) is 16.8 Å². The van der Waals surface area contributed by atoms with Crippen LogP contribution in [0.3, 0.4) is 0 Å². The number of rotatable bonds is 9. The van der Waals surface area contributed by atoms with E-state index >= 15 is 0 Å². The molecule has 0 N–H and O–H groups in total. The molecule has 0 spiro atoms. The van der Waals surface area contributed by atoms with Crippen LogP contribution >= 0.6 is 0 Å². The van der Waals surface area contributed by atoms with E-state index in [0.717, 1.165) is 79.4 Å². The smallest absolute Gasteiger partial charge is 0.113 e. The molecule has 8 heteroatoms. The zero-order valence-corrected chi connectivity index (χ0v) is 30.4. The van der Waals surface area contributed by atoms with Gasteiger partial charge in [0.25, 0.3) is 0 Å². The van der Waals surface area contributed by atoms with E-state index in [4.69, 9.17) is 20.4 Å². The topological polar surface area (TPSA) is 67.9 Å². The van der Waals surface area contributed by atoms with Crippen molar-refractivity contribution < 1.29 is 0 Å². The largest absolute Gasteiger partial charge is 0.311 e. The molecule has 0 saturated carbocycles. The van der Waals surface area contributed by atoms with Crippen LogP contribution in [0.15, 0.2) is 206 Å². The molecule has 1 atom stereocenters. The van der Waals surface area contributed by atoms with Crippen LogP contribution in [0.4, 0.5) is 28.4 Å². The lowest BCUT2D eigenvalue weighted by atomic mass is 10.0. The minimum atomic E-state index is 0.00619. The van der Waals surface area contributed by atoms with Gasteiger partial charge < -0.3 is 9.80 Å². The maximum absolute atomic E-state index is 4.80. The molecule has 1 aliphatic carbocycles. The number of benzene rings is 7. The first-order chi connectivity index (χ1) is 27.7. The Balaban J connectivity index is 0.953. The standard InChI is InChI=1S/C48H36N8/c1-3-13-37(14-4-1)53(41-17-11-19-43(33-41)55-49-45-21-7-8-22-46(45)50-55)39-29-25-35(26-30-39)36-27-31-40(32-28-36)54(38-15-5-2-6-16-38)42-18-12-20-44(34-42)56-51-47-23-9-10-24-48(47)52-56/h1-19,21-34,44H,20H2. The van der Waals surface area contributed by atoms with Crippen molar-refractivity contribution in [1.82, 2.24) is 30.0 Å². The first kappa shape index (κ1) is 33.0. The summed E-state index contributed by atoms with van der Waals surface area (Å²) >= 11 is 0. The van der Waals surface area contributed by atoms with E-state index < -0.39 is 0 Å². The van der Waals surface area contributed by atoms with Gasteiger partial charge in [0.2, 0.25) is 0 Å². The van der Waals surface area contributed by atoms with Gasteiger partial charge >= 0.3 is 0 Å². The summed E-state index contributed by atoms with van der Waals surface area (Å²) in [5.41, 5.74) is 13.0. The lowest BCUT2D eigenvalue weighted by Crippen LogP contribution is -2.20. The number of allylic oxidation sites excluding steroid dienone is 3.